The minimum atomic E-state index is -0.501. The van der Waals surface area contributed by atoms with Crippen LogP contribution < -0.4 is 10.2 Å². The Morgan fingerprint density at radius 3 is 2.79 bits per heavy atom. The molecule has 2 aromatic carbocycles. The van der Waals surface area contributed by atoms with E-state index in [0.29, 0.717) is 22.3 Å². The molecule has 2 amide bonds. The lowest BCUT2D eigenvalue weighted by atomic mass is 10.1. The van der Waals surface area contributed by atoms with Crippen molar-refractivity contribution in [2.45, 2.75) is 20.3 Å². The molecule has 0 aliphatic carbocycles. The summed E-state index contributed by atoms with van der Waals surface area (Å²) < 4.78 is 5.98. The molecule has 1 heterocycles. The molecule has 0 atom stereocenters. The summed E-state index contributed by atoms with van der Waals surface area (Å²) in [6, 6.07) is 12.5. The number of benzene rings is 2. The van der Waals surface area contributed by atoms with Crippen LogP contribution in [0.3, 0.4) is 0 Å². The van der Waals surface area contributed by atoms with Crippen LogP contribution in [0.2, 0.25) is 5.02 Å². The molecule has 1 N–H and O–H groups in total. The van der Waals surface area contributed by atoms with Gasteiger partial charge in [0.1, 0.15) is 5.75 Å². The number of para-hydroxylation sites is 1. The summed E-state index contributed by atoms with van der Waals surface area (Å²) in [4.78, 5) is 25.8. The summed E-state index contributed by atoms with van der Waals surface area (Å²) in [5.41, 5.74) is 4.52. The van der Waals surface area contributed by atoms with E-state index < -0.39 is 11.8 Å². The van der Waals surface area contributed by atoms with E-state index in [-0.39, 0.29) is 9.88 Å². The SMILES string of the molecule is CCCOc1ccccc1/C=C1/SC(=S)N(NC(=O)c2ccc(C)cc2Cl)C1=O. The third-order valence-corrected chi connectivity index (χ3v) is 5.66. The maximum Gasteiger partial charge on any atom is 0.285 e. The first kappa shape index (κ1) is 21.4. The van der Waals surface area contributed by atoms with Gasteiger partial charge in [-0.2, -0.15) is 5.01 Å². The van der Waals surface area contributed by atoms with Gasteiger partial charge in [0.25, 0.3) is 11.8 Å². The number of nitrogens with zero attached hydrogens (tertiary/aromatic N) is 1. The number of halogens is 1. The first-order chi connectivity index (χ1) is 13.9. The number of thioether (sulfide) groups is 1. The maximum atomic E-state index is 12.8. The topological polar surface area (TPSA) is 58.6 Å². The summed E-state index contributed by atoms with van der Waals surface area (Å²) in [6.07, 6.45) is 2.60. The van der Waals surface area contributed by atoms with Crippen molar-refractivity contribution in [3.8, 4) is 5.75 Å². The number of hydrogen-bond donors (Lipinski definition) is 1. The van der Waals surface area contributed by atoms with Crippen molar-refractivity contribution in [1.29, 1.82) is 0 Å². The second kappa shape index (κ2) is 9.43. The highest BCUT2D eigenvalue weighted by atomic mass is 35.5. The molecule has 0 unspecified atom stereocenters. The molecule has 0 spiro atoms. The summed E-state index contributed by atoms with van der Waals surface area (Å²) in [6.45, 7) is 4.48. The standard InChI is InChI=1S/C21H19ClN2O3S2/c1-3-10-27-17-7-5-4-6-14(17)12-18-20(26)24(21(28)29-18)23-19(25)15-9-8-13(2)11-16(15)22/h4-9,11-12H,3,10H2,1-2H3,(H,23,25)/b18-12+. The fraction of sp³-hybridized carbons (Fsp3) is 0.190. The van der Waals surface area contributed by atoms with Crippen LogP contribution in [0.4, 0.5) is 0 Å². The van der Waals surface area contributed by atoms with Gasteiger partial charge in [-0.05, 0) is 55.4 Å². The average molecular weight is 447 g/mol. The smallest absolute Gasteiger partial charge is 0.285 e. The first-order valence-corrected chi connectivity index (χ1v) is 10.6. The number of ether oxygens (including phenoxy) is 1. The zero-order valence-corrected chi connectivity index (χ0v) is 18.3. The summed E-state index contributed by atoms with van der Waals surface area (Å²) in [5, 5.41) is 1.38. The van der Waals surface area contributed by atoms with Crippen molar-refractivity contribution in [1.82, 2.24) is 10.4 Å². The molecule has 3 rings (SSSR count). The highest BCUT2D eigenvalue weighted by Crippen LogP contribution is 2.33. The number of rotatable bonds is 6. The highest BCUT2D eigenvalue weighted by molar-refractivity contribution is 8.26. The van der Waals surface area contributed by atoms with Crippen molar-refractivity contribution in [3.63, 3.8) is 0 Å². The zero-order valence-electron chi connectivity index (χ0n) is 15.9. The van der Waals surface area contributed by atoms with Crippen molar-refractivity contribution in [2.24, 2.45) is 0 Å². The average Bonchev–Trinajstić information content (AvgIpc) is 2.94. The molecular formula is C21H19ClN2O3S2. The van der Waals surface area contributed by atoms with E-state index in [1.165, 1.54) is 0 Å². The second-order valence-electron chi connectivity index (χ2n) is 6.33. The Morgan fingerprint density at radius 2 is 2.07 bits per heavy atom. The van der Waals surface area contributed by atoms with Crippen molar-refractivity contribution in [3.05, 3.63) is 69.1 Å². The van der Waals surface area contributed by atoms with E-state index in [2.05, 4.69) is 5.43 Å². The maximum absolute atomic E-state index is 12.8. The van der Waals surface area contributed by atoms with Crippen LogP contribution in [0.5, 0.6) is 5.75 Å². The number of hydrazine groups is 1. The molecule has 0 bridgehead atoms. The van der Waals surface area contributed by atoms with Crippen LogP contribution >= 0.6 is 35.6 Å². The lowest BCUT2D eigenvalue weighted by molar-refractivity contribution is -0.123. The number of carbonyl (C=O) groups is 2. The normalized spacial score (nSPS) is 15.1. The van der Waals surface area contributed by atoms with E-state index in [4.69, 9.17) is 28.6 Å². The number of thiocarbonyl (C=S) groups is 1. The Kier molecular flexibility index (Phi) is 6.95. The van der Waals surface area contributed by atoms with Gasteiger partial charge in [0.15, 0.2) is 4.32 Å². The van der Waals surface area contributed by atoms with Gasteiger partial charge in [0, 0.05) is 5.56 Å². The predicted octanol–water partition coefficient (Wildman–Crippen LogP) is 4.98. The van der Waals surface area contributed by atoms with E-state index in [1.54, 1.807) is 24.3 Å². The fourth-order valence-electron chi connectivity index (χ4n) is 2.61. The molecule has 8 heteroatoms. The first-order valence-electron chi connectivity index (χ1n) is 8.97. The van der Waals surface area contributed by atoms with E-state index in [0.717, 1.165) is 34.3 Å². The van der Waals surface area contributed by atoms with Gasteiger partial charge in [-0.25, -0.2) is 0 Å². The third-order valence-electron chi connectivity index (χ3n) is 4.04. The molecule has 0 aromatic heterocycles. The second-order valence-corrected chi connectivity index (χ2v) is 8.41. The highest BCUT2D eigenvalue weighted by Gasteiger charge is 2.34. The molecule has 1 aliphatic heterocycles. The van der Waals surface area contributed by atoms with Gasteiger partial charge >= 0.3 is 0 Å². The van der Waals surface area contributed by atoms with Crippen LogP contribution in [0.25, 0.3) is 6.08 Å². The number of amides is 2. The number of carbonyl (C=O) groups excluding carboxylic acids is 2. The third kappa shape index (κ3) is 4.98. The number of hydrogen-bond acceptors (Lipinski definition) is 5. The van der Waals surface area contributed by atoms with Crippen LogP contribution in [0.15, 0.2) is 47.4 Å². The van der Waals surface area contributed by atoms with E-state index in [9.17, 15) is 9.59 Å². The monoisotopic (exact) mass is 446 g/mol. The van der Waals surface area contributed by atoms with Crippen molar-refractivity contribution >= 4 is 57.8 Å². The predicted molar refractivity (Wildman–Crippen MR) is 121 cm³/mol. The quantitative estimate of drug-likeness (QED) is 0.500. The van der Waals surface area contributed by atoms with Gasteiger partial charge in [0.2, 0.25) is 0 Å². The molecule has 5 nitrogen and oxygen atoms in total. The van der Waals surface area contributed by atoms with Crippen LogP contribution in [-0.4, -0.2) is 27.8 Å². The minimum absolute atomic E-state index is 0.241. The Bertz CT molecular complexity index is 1010. The van der Waals surface area contributed by atoms with Crippen LogP contribution in [0.1, 0.15) is 34.8 Å². The van der Waals surface area contributed by atoms with Crippen LogP contribution in [-0.2, 0) is 4.79 Å². The molecule has 1 aliphatic rings. The molecule has 0 radical (unpaired) electrons. The lowest BCUT2D eigenvalue weighted by Gasteiger charge is -2.16. The molecule has 2 aromatic rings. The zero-order chi connectivity index (χ0) is 21.0. The molecule has 1 fully saturated rings. The molecule has 1 saturated heterocycles. The van der Waals surface area contributed by atoms with Gasteiger partial charge < -0.3 is 4.74 Å². The van der Waals surface area contributed by atoms with Crippen molar-refractivity contribution < 1.29 is 14.3 Å². The van der Waals surface area contributed by atoms with Gasteiger partial charge in [0.05, 0.1) is 22.1 Å². The molecule has 150 valence electrons. The number of nitrogens with one attached hydrogen (secondary N) is 1. The van der Waals surface area contributed by atoms with Crippen molar-refractivity contribution in [2.75, 3.05) is 6.61 Å². The Morgan fingerprint density at radius 1 is 1.31 bits per heavy atom. The molecule has 0 saturated carbocycles. The van der Waals surface area contributed by atoms with Crippen LogP contribution in [0, 0.1) is 6.92 Å². The Hall–Kier alpha value is -2.35. The van der Waals surface area contributed by atoms with E-state index in [1.807, 2.05) is 38.1 Å². The summed E-state index contributed by atoms with van der Waals surface area (Å²) in [5.74, 6) is -0.212. The summed E-state index contributed by atoms with van der Waals surface area (Å²) in [7, 11) is 0. The molecular weight excluding hydrogens is 428 g/mol. The van der Waals surface area contributed by atoms with Gasteiger partial charge in [-0.3, -0.25) is 15.0 Å². The largest absolute Gasteiger partial charge is 0.493 e. The van der Waals surface area contributed by atoms with Gasteiger partial charge in [-0.15, -0.1) is 0 Å². The Balaban J connectivity index is 1.80. The summed E-state index contributed by atoms with van der Waals surface area (Å²) >= 11 is 12.6. The molecule has 29 heavy (non-hydrogen) atoms. The van der Waals surface area contributed by atoms with E-state index >= 15 is 0 Å². The van der Waals surface area contributed by atoms with Gasteiger partial charge in [-0.1, -0.05) is 54.6 Å². The minimum Gasteiger partial charge on any atom is -0.493 e. The lowest BCUT2D eigenvalue weighted by Crippen LogP contribution is -2.44. The fourth-order valence-corrected chi connectivity index (χ4v) is 4.11. The number of aryl methyl sites for hydroxylation is 1. The Labute approximate surface area is 184 Å².